The predicted octanol–water partition coefficient (Wildman–Crippen LogP) is 1.03. The van der Waals surface area contributed by atoms with Gasteiger partial charge in [-0.25, -0.2) is 14.3 Å². The number of ether oxygens (including phenoxy) is 2. The average molecular weight is 441 g/mol. The molecule has 2 amide bonds. The molecule has 3 rings (SSSR count). The lowest BCUT2D eigenvalue weighted by Gasteiger charge is -2.37. The third-order valence-electron chi connectivity index (χ3n) is 3.98. The lowest BCUT2D eigenvalue weighted by Crippen LogP contribution is -2.53. The molecule has 0 aliphatic heterocycles. The number of benzene rings is 1. The van der Waals surface area contributed by atoms with Gasteiger partial charge in [-0.1, -0.05) is 11.6 Å². The maximum Gasteiger partial charge on any atom is 0.434 e. The Hall–Kier alpha value is -3.18. The lowest BCUT2D eigenvalue weighted by atomic mass is 9.84. The van der Waals surface area contributed by atoms with Crippen molar-refractivity contribution in [1.29, 1.82) is 0 Å². The van der Waals surface area contributed by atoms with Gasteiger partial charge in [0, 0.05) is 18.2 Å². The van der Waals surface area contributed by atoms with Crippen LogP contribution in [0.15, 0.2) is 39.2 Å². The van der Waals surface area contributed by atoms with E-state index in [1.165, 1.54) is 12.1 Å². The van der Waals surface area contributed by atoms with Crippen molar-refractivity contribution in [3.63, 3.8) is 0 Å². The number of nitrogens with one attached hydrogen (secondary N) is 3. The first-order chi connectivity index (χ1) is 14.2. The number of rotatable bonds is 9. The van der Waals surface area contributed by atoms with Gasteiger partial charge in [-0.05, 0) is 25.1 Å². The number of hydrogen-bond acceptors (Lipinski definition) is 7. The standard InChI is InChI=1S/C18H18ClFN4O6/c1-18(22-15(26)8-29-11-2-3-12(19)13(20)4-11)5-10(6-18)21-14(25)7-28-9-16-23-24-17(27)30-16/h2-5H,6-9H2,1H3,(H,21,25)(H,22,26)(H,24,27). The molecule has 1 aliphatic carbocycles. The highest BCUT2D eigenvalue weighted by Crippen LogP contribution is 2.28. The first kappa shape index (κ1) is 21.5. The Labute approximate surface area is 174 Å². The Morgan fingerprint density at radius 1 is 1.37 bits per heavy atom. The van der Waals surface area contributed by atoms with E-state index in [1.807, 2.05) is 0 Å². The van der Waals surface area contributed by atoms with E-state index in [4.69, 9.17) is 21.1 Å². The highest BCUT2D eigenvalue weighted by molar-refractivity contribution is 6.30. The van der Waals surface area contributed by atoms with Crippen molar-refractivity contribution in [3.05, 3.63) is 57.3 Å². The summed E-state index contributed by atoms with van der Waals surface area (Å²) in [5.41, 5.74) is -0.0217. The van der Waals surface area contributed by atoms with Crippen molar-refractivity contribution in [3.8, 4) is 5.75 Å². The van der Waals surface area contributed by atoms with Gasteiger partial charge in [0.15, 0.2) is 6.61 Å². The largest absolute Gasteiger partial charge is 0.484 e. The van der Waals surface area contributed by atoms with Crippen LogP contribution in [0.1, 0.15) is 19.2 Å². The van der Waals surface area contributed by atoms with Crippen molar-refractivity contribution in [2.24, 2.45) is 0 Å². The first-order valence-corrected chi connectivity index (χ1v) is 9.13. The van der Waals surface area contributed by atoms with E-state index < -0.39 is 28.9 Å². The van der Waals surface area contributed by atoms with E-state index in [0.29, 0.717) is 12.1 Å². The van der Waals surface area contributed by atoms with Crippen LogP contribution in [0.2, 0.25) is 5.02 Å². The van der Waals surface area contributed by atoms with E-state index in [1.54, 1.807) is 13.0 Å². The monoisotopic (exact) mass is 440 g/mol. The molecule has 1 aromatic heterocycles. The summed E-state index contributed by atoms with van der Waals surface area (Å²) >= 11 is 5.59. The zero-order chi connectivity index (χ0) is 21.7. The van der Waals surface area contributed by atoms with Gasteiger partial charge in [0.25, 0.3) is 5.91 Å². The molecule has 1 aromatic carbocycles. The smallest absolute Gasteiger partial charge is 0.434 e. The Kier molecular flexibility index (Phi) is 6.53. The second-order valence-corrected chi connectivity index (χ2v) is 7.13. The number of halogens is 2. The fourth-order valence-corrected chi connectivity index (χ4v) is 2.87. The SMILES string of the molecule is CC1(NC(=O)COc2ccc(Cl)c(F)c2)C=C(NC(=O)COCc2n[nH]c(=O)o2)C1. The molecule has 12 heteroatoms. The minimum atomic E-state index is -0.704. The van der Waals surface area contributed by atoms with E-state index in [9.17, 15) is 18.8 Å². The molecule has 2 aromatic rings. The fourth-order valence-electron chi connectivity index (χ4n) is 2.75. The molecule has 0 spiro atoms. The van der Waals surface area contributed by atoms with Gasteiger partial charge in [0.05, 0.1) is 10.6 Å². The molecule has 0 saturated heterocycles. The Morgan fingerprint density at radius 3 is 2.80 bits per heavy atom. The molecule has 1 heterocycles. The van der Waals surface area contributed by atoms with Crippen molar-refractivity contribution in [2.75, 3.05) is 13.2 Å². The lowest BCUT2D eigenvalue weighted by molar-refractivity contribution is -0.125. The van der Waals surface area contributed by atoms with Gasteiger partial charge in [0.2, 0.25) is 11.8 Å². The molecule has 3 N–H and O–H groups in total. The van der Waals surface area contributed by atoms with Crippen LogP contribution in [0.25, 0.3) is 0 Å². The molecule has 0 bridgehead atoms. The van der Waals surface area contributed by atoms with Gasteiger partial charge in [-0.2, -0.15) is 0 Å². The van der Waals surface area contributed by atoms with Crippen LogP contribution in [0.5, 0.6) is 5.75 Å². The maximum absolute atomic E-state index is 13.4. The molecule has 0 saturated carbocycles. The maximum atomic E-state index is 13.4. The van der Waals surface area contributed by atoms with Crippen LogP contribution < -0.4 is 21.1 Å². The van der Waals surface area contributed by atoms with Crippen LogP contribution >= 0.6 is 11.6 Å². The van der Waals surface area contributed by atoms with Crippen LogP contribution in [0.3, 0.4) is 0 Å². The fraction of sp³-hybridized carbons (Fsp3) is 0.333. The molecular formula is C18H18ClFN4O6. The minimum absolute atomic E-state index is 0.0355. The number of carbonyl (C=O) groups is 2. The topological polar surface area (TPSA) is 136 Å². The summed E-state index contributed by atoms with van der Waals surface area (Å²) in [7, 11) is 0. The van der Waals surface area contributed by atoms with Crippen LogP contribution in [0, 0.1) is 5.82 Å². The highest BCUT2D eigenvalue weighted by atomic mass is 35.5. The number of H-pyrrole nitrogens is 1. The van der Waals surface area contributed by atoms with Gasteiger partial charge >= 0.3 is 5.76 Å². The van der Waals surface area contributed by atoms with Crippen LogP contribution in [0.4, 0.5) is 4.39 Å². The van der Waals surface area contributed by atoms with Gasteiger partial charge in [-0.3, -0.25) is 9.59 Å². The van der Waals surface area contributed by atoms with Crippen LogP contribution in [-0.4, -0.2) is 40.8 Å². The minimum Gasteiger partial charge on any atom is -0.484 e. The molecule has 10 nitrogen and oxygen atoms in total. The second-order valence-electron chi connectivity index (χ2n) is 6.72. The molecule has 30 heavy (non-hydrogen) atoms. The Balaban J connectivity index is 1.37. The number of amides is 2. The molecule has 0 fully saturated rings. The third kappa shape index (κ3) is 5.91. The van der Waals surface area contributed by atoms with Gasteiger partial charge in [-0.15, -0.1) is 5.10 Å². The number of hydrogen-bond donors (Lipinski definition) is 3. The molecular weight excluding hydrogens is 423 g/mol. The molecule has 1 atom stereocenters. The highest BCUT2D eigenvalue weighted by Gasteiger charge is 2.34. The van der Waals surface area contributed by atoms with Crippen LogP contribution in [-0.2, 0) is 20.9 Å². The van der Waals surface area contributed by atoms with E-state index in [0.717, 1.165) is 6.07 Å². The van der Waals surface area contributed by atoms with Crippen molar-refractivity contribution in [1.82, 2.24) is 20.8 Å². The Morgan fingerprint density at radius 2 is 2.13 bits per heavy atom. The molecule has 1 aliphatic rings. The molecule has 1 unspecified atom stereocenters. The Bertz CT molecular complexity index is 1040. The normalized spacial score (nSPS) is 17.6. The zero-order valence-electron chi connectivity index (χ0n) is 15.8. The predicted molar refractivity (Wildman–Crippen MR) is 101 cm³/mol. The first-order valence-electron chi connectivity index (χ1n) is 8.75. The van der Waals surface area contributed by atoms with Crippen molar-refractivity contribution >= 4 is 23.4 Å². The van der Waals surface area contributed by atoms with E-state index in [2.05, 4.69) is 25.2 Å². The average Bonchev–Trinajstić information content (AvgIpc) is 3.06. The summed E-state index contributed by atoms with van der Waals surface area (Å²) in [6.45, 7) is 1.08. The molecule has 160 valence electrons. The number of carbonyl (C=O) groups excluding carboxylic acids is 2. The van der Waals surface area contributed by atoms with Gasteiger partial charge in [0.1, 0.15) is 24.8 Å². The van der Waals surface area contributed by atoms with Crippen molar-refractivity contribution in [2.45, 2.75) is 25.5 Å². The summed E-state index contributed by atoms with van der Waals surface area (Å²) in [5, 5.41) is 11.0. The summed E-state index contributed by atoms with van der Waals surface area (Å²) in [6.07, 6.45) is 2.09. The summed E-state index contributed by atoms with van der Waals surface area (Å²) in [4.78, 5) is 34.7. The quantitative estimate of drug-likeness (QED) is 0.529. The third-order valence-corrected chi connectivity index (χ3v) is 4.28. The van der Waals surface area contributed by atoms with Crippen molar-refractivity contribution < 1.29 is 27.9 Å². The van der Waals surface area contributed by atoms with E-state index >= 15 is 0 Å². The van der Waals surface area contributed by atoms with Gasteiger partial charge < -0.3 is 24.5 Å². The number of nitrogens with zero attached hydrogens (tertiary/aromatic N) is 1. The summed E-state index contributed by atoms with van der Waals surface area (Å²) < 4.78 is 28.3. The summed E-state index contributed by atoms with van der Waals surface area (Å²) in [6, 6.07) is 3.89. The number of aromatic nitrogens is 2. The zero-order valence-corrected chi connectivity index (χ0v) is 16.5. The molecule has 0 radical (unpaired) electrons. The number of aromatic amines is 1. The van der Waals surface area contributed by atoms with E-state index in [-0.39, 0.29) is 36.5 Å². The second kappa shape index (κ2) is 9.09. The summed E-state index contributed by atoms with van der Waals surface area (Å²) in [5.74, 6) is -1.93.